The van der Waals surface area contributed by atoms with E-state index in [0.29, 0.717) is 13.0 Å². The van der Waals surface area contributed by atoms with Gasteiger partial charge in [-0.25, -0.2) is 4.98 Å². The van der Waals surface area contributed by atoms with Crippen LogP contribution in [0.15, 0.2) is 42.9 Å². The molecule has 0 spiro atoms. The van der Waals surface area contributed by atoms with Gasteiger partial charge in [0, 0.05) is 50.3 Å². The SMILES string of the molecule is Cn1nccc1[C@@H]1NC(=O)CC[C@H]1NCc1cccc2nccn12. The van der Waals surface area contributed by atoms with Crippen LogP contribution >= 0.6 is 0 Å². The van der Waals surface area contributed by atoms with E-state index in [-0.39, 0.29) is 18.0 Å². The van der Waals surface area contributed by atoms with Crippen LogP contribution in [-0.2, 0) is 18.4 Å². The molecule has 0 aromatic carbocycles. The largest absolute Gasteiger partial charge is 0.346 e. The first-order chi connectivity index (χ1) is 11.7. The van der Waals surface area contributed by atoms with Crippen molar-refractivity contribution < 1.29 is 4.79 Å². The Morgan fingerprint density at radius 3 is 3.08 bits per heavy atom. The monoisotopic (exact) mass is 324 g/mol. The Hall–Kier alpha value is -2.67. The lowest BCUT2D eigenvalue weighted by Crippen LogP contribution is -2.48. The normalized spacial score (nSPS) is 21.1. The van der Waals surface area contributed by atoms with Crippen molar-refractivity contribution in [3.63, 3.8) is 0 Å². The number of nitrogens with zero attached hydrogens (tertiary/aromatic N) is 4. The van der Waals surface area contributed by atoms with Crippen molar-refractivity contribution in [2.75, 3.05) is 0 Å². The molecule has 1 amide bonds. The van der Waals surface area contributed by atoms with Crippen LogP contribution in [0.25, 0.3) is 5.65 Å². The van der Waals surface area contributed by atoms with Gasteiger partial charge in [-0.3, -0.25) is 9.48 Å². The number of hydrogen-bond acceptors (Lipinski definition) is 4. The van der Waals surface area contributed by atoms with E-state index in [0.717, 1.165) is 23.5 Å². The van der Waals surface area contributed by atoms with E-state index < -0.39 is 0 Å². The third-order valence-corrected chi connectivity index (χ3v) is 4.64. The molecule has 1 aliphatic rings. The molecule has 0 unspecified atom stereocenters. The van der Waals surface area contributed by atoms with E-state index >= 15 is 0 Å². The molecule has 3 aromatic rings. The van der Waals surface area contributed by atoms with Gasteiger partial charge in [-0.15, -0.1) is 0 Å². The highest BCUT2D eigenvalue weighted by Crippen LogP contribution is 2.24. The van der Waals surface area contributed by atoms with Gasteiger partial charge in [0.1, 0.15) is 5.65 Å². The highest BCUT2D eigenvalue weighted by Gasteiger charge is 2.31. The molecule has 24 heavy (non-hydrogen) atoms. The average Bonchev–Trinajstić information content (AvgIpc) is 3.22. The zero-order valence-electron chi connectivity index (χ0n) is 13.5. The number of rotatable bonds is 4. The lowest BCUT2D eigenvalue weighted by Gasteiger charge is -2.33. The van der Waals surface area contributed by atoms with Crippen molar-refractivity contribution in [1.82, 2.24) is 29.8 Å². The quantitative estimate of drug-likeness (QED) is 0.755. The van der Waals surface area contributed by atoms with Gasteiger partial charge in [-0.2, -0.15) is 5.10 Å². The van der Waals surface area contributed by atoms with Gasteiger partial charge in [-0.05, 0) is 24.6 Å². The van der Waals surface area contributed by atoms with E-state index in [2.05, 4.69) is 31.2 Å². The average molecular weight is 324 g/mol. The molecule has 1 saturated heterocycles. The van der Waals surface area contributed by atoms with Gasteiger partial charge in [0.25, 0.3) is 0 Å². The van der Waals surface area contributed by atoms with E-state index in [9.17, 15) is 4.79 Å². The van der Waals surface area contributed by atoms with Crippen LogP contribution in [0, 0.1) is 0 Å². The number of nitrogens with one attached hydrogen (secondary N) is 2. The Labute approximate surface area is 139 Å². The Morgan fingerprint density at radius 2 is 2.25 bits per heavy atom. The highest BCUT2D eigenvalue weighted by atomic mass is 16.1. The molecule has 0 radical (unpaired) electrons. The van der Waals surface area contributed by atoms with Gasteiger partial charge in [-0.1, -0.05) is 6.07 Å². The summed E-state index contributed by atoms with van der Waals surface area (Å²) in [4.78, 5) is 16.2. The number of amides is 1. The molecular formula is C17H20N6O. The fraction of sp³-hybridized carbons (Fsp3) is 0.353. The van der Waals surface area contributed by atoms with Crippen LogP contribution in [0.1, 0.15) is 30.3 Å². The highest BCUT2D eigenvalue weighted by molar-refractivity contribution is 5.77. The fourth-order valence-corrected chi connectivity index (χ4v) is 3.38. The van der Waals surface area contributed by atoms with Crippen LogP contribution in [0.5, 0.6) is 0 Å². The topological polar surface area (TPSA) is 76.2 Å². The molecule has 7 heteroatoms. The predicted molar refractivity (Wildman–Crippen MR) is 89.1 cm³/mol. The molecule has 0 aliphatic carbocycles. The number of aryl methyl sites for hydroxylation is 1. The maximum Gasteiger partial charge on any atom is 0.220 e. The standard InChI is InChI=1S/C17H20N6O/c1-22-14(7-8-20-22)17-13(5-6-16(24)21-17)19-11-12-3-2-4-15-18-9-10-23(12)15/h2-4,7-10,13,17,19H,5-6,11H2,1H3,(H,21,24)/t13-,17-/m1/s1. The molecule has 4 rings (SSSR count). The Balaban J connectivity index is 1.55. The fourth-order valence-electron chi connectivity index (χ4n) is 3.38. The molecular weight excluding hydrogens is 304 g/mol. The second kappa shape index (κ2) is 6.09. The third-order valence-electron chi connectivity index (χ3n) is 4.64. The van der Waals surface area contributed by atoms with Crippen LogP contribution in [0.3, 0.4) is 0 Å². The van der Waals surface area contributed by atoms with E-state index in [1.165, 1.54) is 0 Å². The van der Waals surface area contributed by atoms with Gasteiger partial charge < -0.3 is 15.0 Å². The molecule has 4 heterocycles. The first-order valence-electron chi connectivity index (χ1n) is 8.14. The number of imidazole rings is 1. The summed E-state index contributed by atoms with van der Waals surface area (Å²) in [7, 11) is 1.90. The van der Waals surface area contributed by atoms with Gasteiger partial charge >= 0.3 is 0 Å². The second-order valence-corrected chi connectivity index (χ2v) is 6.12. The third kappa shape index (κ3) is 2.67. The first kappa shape index (κ1) is 14.9. The molecule has 2 N–H and O–H groups in total. The number of pyridine rings is 1. The van der Waals surface area contributed by atoms with Gasteiger partial charge in [0.2, 0.25) is 5.91 Å². The summed E-state index contributed by atoms with van der Waals surface area (Å²) in [5.41, 5.74) is 3.10. The molecule has 0 bridgehead atoms. The summed E-state index contributed by atoms with van der Waals surface area (Å²) in [6.07, 6.45) is 6.88. The maximum atomic E-state index is 11.9. The summed E-state index contributed by atoms with van der Waals surface area (Å²) in [6.45, 7) is 0.711. The molecule has 1 aliphatic heterocycles. The molecule has 2 atom stereocenters. The second-order valence-electron chi connectivity index (χ2n) is 6.12. The molecule has 0 saturated carbocycles. The summed E-state index contributed by atoms with van der Waals surface area (Å²) in [5.74, 6) is 0.0935. The smallest absolute Gasteiger partial charge is 0.220 e. The number of piperidine rings is 1. The minimum Gasteiger partial charge on any atom is -0.346 e. The Morgan fingerprint density at radius 1 is 1.33 bits per heavy atom. The summed E-state index contributed by atoms with van der Waals surface area (Å²) < 4.78 is 3.90. The van der Waals surface area contributed by atoms with E-state index in [4.69, 9.17) is 0 Å². The van der Waals surface area contributed by atoms with Crippen molar-refractivity contribution in [2.45, 2.75) is 31.5 Å². The van der Waals surface area contributed by atoms with Crippen LogP contribution < -0.4 is 10.6 Å². The molecule has 3 aromatic heterocycles. The van der Waals surface area contributed by atoms with Crippen molar-refractivity contribution in [2.24, 2.45) is 7.05 Å². The van der Waals surface area contributed by atoms with E-state index in [1.54, 1.807) is 12.4 Å². The number of carbonyl (C=O) groups is 1. The van der Waals surface area contributed by atoms with Crippen LogP contribution in [-0.4, -0.2) is 31.1 Å². The van der Waals surface area contributed by atoms with E-state index in [1.807, 2.05) is 36.1 Å². The minimum atomic E-state index is -0.0688. The predicted octanol–water partition coefficient (Wildman–Crippen LogP) is 1.18. The first-order valence-corrected chi connectivity index (χ1v) is 8.14. The zero-order valence-corrected chi connectivity index (χ0v) is 13.5. The van der Waals surface area contributed by atoms with Crippen molar-refractivity contribution >= 4 is 11.6 Å². The maximum absolute atomic E-state index is 11.9. The molecule has 7 nitrogen and oxygen atoms in total. The van der Waals surface area contributed by atoms with Gasteiger partial charge in [0.15, 0.2) is 0 Å². The number of aromatic nitrogens is 4. The summed E-state index contributed by atoms with van der Waals surface area (Å²) >= 11 is 0. The Bertz CT molecular complexity index is 867. The molecule has 124 valence electrons. The van der Waals surface area contributed by atoms with Crippen molar-refractivity contribution in [3.8, 4) is 0 Å². The van der Waals surface area contributed by atoms with Crippen LogP contribution in [0.2, 0.25) is 0 Å². The lowest BCUT2D eigenvalue weighted by atomic mass is 9.95. The summed E-state index contributed by atoms with van der Waals surface area (Å²) in [6, 6.07) is 8.14. The Kier molecular flexibility index (Phi) is 3.78. The van der Waals surface area contributed by atoms with Crippen LogP contribution in [0.4, 0.5) is 0 Å². The minimum absolute atomic E-state index is 0.0688. The van der Waals surface area contributed by atoms with Crippen molar-refractivity contribution in [1.29, 1.82) is 0 Å². The zero-order chi connectivity index (χ0) is 16.5. The summed E-state index contributed by atoms with van der Waals surface area (Å²) in [5, 5.41) is 10.9. The number of fused-ring (bicyclic) bond motifs is 1. The lowest BCUT2D eigenvalue weighted by molar-refractivity contribution is -0.124. The number of carbonyl (C=O) groups excluding carboxylic acids is 1. The number of hydrogen-bond donors (Lipinski definition) is 2. The van der Waals surface area contributed by atoms with Crippen molar-refractivity contribution in [3.05, 3.63) is 54.2 Å². The van der Waals surface area contributed by atoms with Gasteiger partial charge in [0.05, 0.1) is 11.7 Å². The molecule has 1 fully saturated rings.